The summed E-state index contributed by atoms with van der Waals surface area (Å²) in [5.74, 6) is 0.134. The molecule has 1 fully saturated rings. The minimum absolute atomic E-state index is 0.127. The molecule has 0 radical (unpaired) electrons. The number of thiazole rings is 1. The molecule has 0 aliphatic heterocycles. The fourth-order valence-electron chi connectivity index (χ4n) is 2.61. The van der Waals surface area contributed by atoms with Crippen molar-refractivity contribution in [2.45, 2.75) is 26.2 Å². The van der Waals surface area contributed by atoms with Gasteiger partial charge in [-0.25, -0.2) is 4.98 Å². The lowest BCUT2D eigenvalue weighted by Crippen LogP contribution is -2.35. The Kier molecular flexibility index (Phi) is 6.27. The zero-order valence-corrected chi connectivity index (χ0v) is 16.2. The third kappa shape index (κ3) is 5.05. The topological polar surface area (TPSA) is 59.5 Å². The quantitative estimate of drug-likeness (QED) is 0.629. The standard InChI is InChI=1S/C19H21ClN2O3S/c1-2-25-17(23)9-10-22(11-13-3-4-13)19(24)16-12-26-18(21-16)14-5-7-15(20)8-6-14/h5-8,12-13H,2-4,9-11H2,1H3. The van der Waals surface area contributed by atoms with Gasteiger partial charge in [0.25, 0.3) is 5.91 Å². The molecule has 1 aliphatic carbocycles. The summed E-state index contributed by atoms with van der Waals surface area (Å²) in [7, 11) is 0. The number of benzene rings is 1. The van der Waals surface area contributed by atoms with Gasteiger partial charge in [0, 0.05) is 29.1 Å². The van der Waals surface area contributed by atoms with Gasteiger partial charge in [-0.15, -0.1) is 11.3 Å². The number of nitrogens with zero attached hydrogens (tertiary/aromatic N) is 2. The maximum absolute atomic E-state index is 12.9. The van der Waals surface area contributed by atoms with Gasteiger partial charge in [0.05, 0.1) is 13.0 Å². The molecule has 5 nitrogen and oxygen atoms in total. The third-order valence-corrected chi connectivity index (χ3v) is 5.31. The molecular weight excluding hydrogens is 372 g/mol. The molecule has 0 spiro atoms. The van der Waals surface area contributed by atoms with Gasteiger partial charge in [-0.1, -0.05) is 23.7 Å². The van der Waals surface area contributed by atoms with Gasteiger partial charge in [0.15, 0.2) is 0 Å². The highest BCUT2D eigenvalue weighted by Crippen LogP contribution is 2.31. The van der Waals surface area contributed by atoms with Gasteiger partial charge in [-0.2, -0.15) is 0 Å². The van der Waals surface area contributed by atoms with E-state index < -0.39 is 0 Å². The fraction of sp³-hybridized carbons (Fsp3) is 0.421. The Bertz CT molecular complexity index is 771. The predicted molar refractivity (Wildman–Crippen MR) is 102 cm³/mol. The molecule has 0 atom stereocenters. The van der Waals surface area contributed by atoms with Gasteiger partial charge in [-0.05, 0) is 37.8 Å². The predicted octanol–water partition coefficient (Wildman–Crippen LogP) is 4.27. The number of rotatable bonds is 8. The van der Waals surface area contributed by atoms with E-state index in [1.54, 1.807) is 29.3 Å². The Morgan fingerprint density at radius 2 is 2.04 bits per heavy atom. The lowest BCUT2D eigenvalue weighted by Gasteiger charge is -2.21. The van der Waals surface area contributed by atoms with Crippen molar-refractivity contribution < 1.29 is 14.3 Å². The lowest BCUT2D eigenvalue weighted by molar-refractivity contribution is -0.143. The first-order valence-corrected chi connectivity index (χ1v) is 9.99. The summed E-state index contributed by atoms with van der Waals surface area (Å²) >= 11 is 7.35. The molecule has 2 aromatic rings. The monoisotopic (exact) mass is 392 g/mol. The van der Waals surface area contributed by atoms with Crippen molar-refractivity contribution in [3.05, 3.63) is 40.4 Å². The van der Waals surface area contributed by atoms with Crippen molar-refractivity contribution in [1.29, 1.82) is 0 Å². The highest BCUT2D eigenvalue weighted by Gasteiger charge is 2.28. The van der Waals surface area contributed by atoms with Crippen LogP contribution < -0.4 is 0 Å². The summed E-state index contributed by atoms with van der Waals surface area (Å²) in [6.45, 7) is 3.17. The second-order valence-electron chi connectivity index (χ2n) is 6.29. The van der Waals surface area contributed by atoms with Crippen LogP contribution >= 0.6 is 22.9 Å². The van der Waals surface area contributed by atoms with Crippen molar-refractivity contribution in [3.63, 3.8) is 0 Å². The minimum atomic E-state index is -0.277. The first-order chi connectivity index (χ1) is 12.6. The highest BCUT2D eigenvalue weighted by atomic mass is 35.5. The van der Waals surface area contributed by atoms with Crippen molar-refractivity contribution in [1.82, 2.24) is 9.88 Å². The SMILES string of the molecule is CCOC(=O)CCN(CC1CC1)C(=O)c1csc(-c2ccc(Cl)cc2)n1. The molecule has 3 rings (SSSR count). The third-order valence-electron chi connectivity index (χ3n) is 4.17. The van der Waals surface area contributed by atoms with Gasteiger partial charge in [0.2, 0.25) is 0 Å². The minimum Gasteiger partial charge on any atom is -0.466 e. The second kappa shape index (κ2) is 8.64. The molecule has 1 aromatic carbocycles. The van der Waals surface area contributed by atoms with Gasteiger partial charge < -0.3 is 9.64 Å². The van der Waals surface area contributed by atoms with Crippen LogP contribution in [0, 0.1) is 5.92 Å². The van der Waals surface area contributed by atoms with Crippen LogP contribution in [0.4, 0.5) is 0 Å². The number of ether oxygens (including phenoxy) is 1. The summed E-state index contributed by atoms with van der Waals surface area (Å²) in [5.41, 5.74) is 1.35. The van der Waals surface area contributed by atoms with Crippen LogP contribution in [0.15, 0.2) is 29.6 Å². The van der Waals surface area contributed by atoms with Gasteiger partial charge >= 0.3 is 5.97 Å². The van der Waals surface area contributed by atoms with Crippen LogP contribution in [0.25, 0.3) is 10.6 Å². The van der Waals surface area contributed by atoms with Gasteiger partial charge in [-0.3, -0.25) is 9.59 Å². The lowest BCUT2D eigenvalue weighted by atomic mass is 10.2. The van der Waals surface area contributed by atoms with E-state index in [9.17, 15) is 9.59 Å². The average molecular weight is 393 g/mol. The Balaban J connectivity index is 1.69. The molecule has 0 N–H and O–H groups in total. The molecule has 1 amide bonds. The molecule has 0 bridgehead atoms. The summed E-state index contributed by atoms with van der Waals surface area (Å²) in [6.07, 6.45) is 2.48. The van der Waals surface area contributed by atoms with E-state index in [-0.39, 0.29) is 18.3 Å². The molecule has 138 valence electrons. The molecular formula is C19H21ClN2O3S. The molecule has 1 saturated carbocycles. The summed E-state index contributed by atoms with van der Waals surface area (Å²) in [6, 6.07) is 7.38. The normalized spacial score (nSPS) is 13.5. The summed E-state index contributed by atoms with van der Waals surface area (Å²) < 4.78 is 4.97. The van der Waals surface area contributed by atoms with Crippen molar-refractivity contribution in [2.75, 3.05) is 19.7 Å². The van der Waals surface area contributed by atoms with E-state index in [1.165, 1.54) is 11.3 Å². The first-order valence-electron chi connectivity index (χ1n) is 8.73. The number of carbonyl (C=O) groups is 2. The van der Waals surface area contributed by atoms with Crippen molar-refractivity contribution >= 4 is 34.8 Å². The Morgan fingerprint density at radius 3 is 2.69 bits per heavy atom. The first kappa shape index (κ1) is 18.9. The van der Waals surface area contributed by atoms with Crippen LogP contribution in [0.5, 0.6) is 0 Å². The summed E-state index contributed by atoms with van der Waals surface area (Å²) in [4.78, 5) is 30.7. The van der Waals surface area contributed by atoms with E-state index in [4.69, 9.17) is 16.3 Å². The fourth-order valence-corrected chi connectivity index (χ4v) is 3.53. The molecule has 0 saturated heterocycles. The zero-order valence-electron chi connectivity index (χ0n) is 14.6. The second-order valence-corrected chi connectivity index (χ2v) is 7.59. The highest BCUT2D eigenvalue weighted by molar-refractivity contribution is 7.13. The zero-order chi connectivity index (χ0) is 18.5. The van der Waals surface area contributed by atoms with E-state index in [1.807, 2.05) is 12.1 Å². The maximum Gasteiger partial charge on any atom is 0.307 e. The van der Waals surface area contributed by atoms with Gasteiger partial charge in [0.1, 0.15) is 10.7 Å². The van der Waals surface area contributed by atoms with E-state index in [2.05, 4.69) is 4.98 Å². The Labute approximate surface area is 161 Å². The average Bonchev–Trinajstić information content (AvgIpc) is 3.32. The number of carbonyl (C=O) groups excluding carboxylic acids is 2. The number of aromatic nitrogens is 1. The molecule has 1 aliphatic rings. The molecule has 26 heavy (non-hydrogen) atoms. The Morgan fingerprint density at radius 1 is 1.31 bits per heavy atom. The van der Waals surface area contributed by atoms with E-state index in [0.29, 0.717) is 36.3 Å². The number of halogens is 1. The maximum atomic E-state index is 12.9. The molecule has 1 heterocycles. The van der Waals surface area contributed by atoms with E-state index >= 15 is 0 Å². The number of amides is 1. The largest absolute Gasteiger partial charge is 0.466 e. The van der Waals surface area contributed by atoms with E-state index in [0.717, 1.165) is 23.4 Å². The molecule has 7 heteroatoms. The number of hydrogen-bond donors (Lipinski definition) is 0. The smallest absolute Gasteiger partial charge is 0.307 e. The Hall–Kier alpha value is -1.92. The van der Waals surface area contributed by atoms with Crippen LogP contribution in [0.2, 0.25) is 5.02 Å². The molecule has 1 aromatic heterocycles. The van der Waals surface area contributed by atoms with Crippen LogP contribution in [0.3, 0.4) is 0 Å². The van der Waals surface area contributed by atoms with Crippen molar-refractivity contribution in [2.24, 2.45) is 5.92 Å². The number of esters is 1. The van der Waals surface area contributed by atoms with Crippen LogP contribution in [-0.4, -0.2) is 41.5 Å². The number of hydrogen-bond acceptors (Lipinski definition) is 5. The van der Waals surface area contributed by atoms with Crippen LogP contribution in [0.1, 0.15) is 36.7 Å². The summed E-state index contributed by atoms with van der Waals surface area (Å²) in [5, 5.41) is 3.22. The molecule has 0 unspecified atom stereocenters. The van der Waals surface area contributed by atoms with Crippen molar-refractivity contribution in [3.8, 4) is 10.6 Å². The van der Waals surface area contributed by atoms with Crippen LogP contribution in [-0.2, 0) is 9.53 Å².